The van der Waals surface area contributed by atoms with Gasteiger partial charge in [0.15, 0.2) is 0 Å². The zero-order valence-electron chi connectivity index (χ0n) is 10.8. The van der Waals surface area contributed by atoms with Gasteiger partial charge < -0.3 is 9.80 Å². The van der Waals surface area contributed by atoms with Crippen LogP contribution in [0.2, 0.25) is 0 Å². The molecule has 1 aromatic rings. The third kappa shape index (κ3) is 2.67. The highest BCUT2D eigenvalue weighted by atomic mass is 15.3. The van der Waals surface area contributed by atoms with Gasteiger partial charge in [-0.2, -0.15) is 0 Å². The van der Waals surface area contributed by atoms with E-state index in [0.717, 1.165) is 44.1 Å². The second kappa shape index (κ2) is 5.32. The summed E-state index contributed by atoms with van der Waals surface area (Å²) in [5.41, 5.74) is 2.38. The molecule has 1 aliphatic rings. The Balaban J connectivity index is 2.08. The Morgan fingerprint density at radius 2 is 2.06 bits per heavy atom. The molecule has 0 unspecified atom stereocenters. The Kier molecular flexibility index (Phi) is 3.79. The van der Waals surface area contributed by atoms with Gasteiger partial charge in [0.2, 0.25) is 0 Å². The SMILES string of the molecule is C=Cc1cnc(N2CCN(CC)CC2)cc1C. The van der Waals surface area contributed by atoms with Crippen LogP contribution in [-0.2, 0) is 0 Å². The van der Waals surface area contributed by atoms with Crippen LogP contribution < -0.4 is 4.90 Å². The van der Waals surface area contributed by atoms with E-state index in [2.05, 4.69) is 41.3 Å². The van der Waals surface area contributed by atoms with Crippen LogP contribution in [0.3, 0.4) is 0 Å². The van der Waals surface area contributed by atoms with E-state index in [9.17, 15) is 0 Å². The lowest BCUT2D eigenvalue weighted by Gasteiger charge is -2.34. The van der Waals surface area contributed by atoms with E-state index in [4.69, 9.17) is 0 Å². The summed E-state index contributed by atoms with van der Waals surface area (Å²) in [6.07, 6.45) is 3.78. The van der Waals surface area contributed by atoms with E-state index < -0.39 is 0 Å². The number of hydrogen-bond acceptors (Lipinski definition) is 3. The maximum absolute atomic E-state index is 4.52. The summed E-state index contributed by atoms with van der Waals surface area (Å²) < 4.78 is 0. The minimum atomic E-state index is 1.08. The molecule has 0 saturated carbocycles. The largest absolute Gasteiger partial charge is 0.354 e. The fourth-order valence-electron chi connectivity index (χ4n) is 2.23. The summed E-state index contributed by atoms with van der Waals surface area (Å²) in [6.45, 7) is 13.7. The molecule has 2 heterocycles. The van der Waals surface area contributed by atoms with Gasteiger partial charge >= 0.3 is 0 Å². The maximum Gasteiger partial charge on any atom is 0.128 e. The highest BCUT2D eigenvalue weighted by Crippen LogP contribution is 2.18. The summed E-state index contributed by atoms with van der Waals surface area (Å²) in [6, 6.07) is 2.17. The average molecular weight is 231 g/mol. The van der Waals surface area contributed by atoms with Crippen molar-refractivity contribution in [2.24, 2.45) is 0 Å². The predicted molar refractivity (Wildman–Crippen MR) is 73.4 cm³/mol. The molecule has 17 heavy (non-hydrogen) atoms. The first-order valence-corrected chi connectivity index (χ1v) is 6.31. The van der Waals surface area contributed by atoms with Crippen LogP contribution in [0, 0.1) is 6.92 Å². The lowest BCUT2D eigenvalue weighted by Crippen LogP contribution is -2.46. The Hall–Kier alpha value is -1.35. The van der Waals surface area contributed by atoms with Crippen LogP contribution in [-0.4, -0.2) is 42.6 Å². The molecule has 1 aliphatic heterocycles. The number of likely N-dealkylation sites (N-methyl/N-ethyl adjacent to an activating group) is 1. The van der Waals surface area contributed by atoms with Crippen LogP contribution in [0.15, 0.2) is 18.8 Å². The molecule has 1 saturated heterocycles. The number of nitrogens with zero attached hydrogens (tertiary/aromatic N) is 3. The number of hydrogen-bond donors (Lipinski definition) is 0. The minimum absolute atomic E-state index is 1.08. The van der Waals surface area contributed by atoms with Crippen molar-refractivity contribution in [2.45, 2.75) is 13.8 Å². The minimum Gasteiger partial charge on any atom is -0.354 e. The molecule has 0 amide bonds. The second-order valence-electron chi connectivity index (χ2n) is 4.52. The number of piperazine rings is 1. The topological polar surface area (TPSA) is 19.4 Å². The Bertz CT molecular complexity index is 392. The number of aromatic nitrogens is 1. The predicted octanol–water partition coefficient (Wildman–Crippen LogP) is 2.17. The smallest absolute Gasteiger partial charge is 0.128 e. The molecule has 0 radical (unpaired) electrons. The molecular weight excluding hydrogens is 210 g/mol. The van der Waals surface area contributed by atoms with Crippen molar-refractivity contribution >= 4 is 11.9 Å². The van der Waals surface area contributed by atoms with Crippen LogP contribution in [0.5, 0.6) is 0 Å². The van der Waals surface area contributed by atoms with Crippen LogP contribution in [0.25, 0.3) is 6.08 Å². The van der Waals surface area contributed by atoms with E-state index >= 15 is 0 Å². The Morgan fingerprint density at radius 1 is 1.35 bits per heavy atom. The van der Waals surface area contributed by atoms with Gasteiger partial charge in [0.05, 0.1) is 0 Å². The van der Waals surface area contributed by atoms with Crippen LogP contribution in [0.4, 0.5) is 5.82 Å². The zero-order valence-corrected chi connectivity index (χ0v) is 10.8. The first-order valence-electron chi connectivity index (χ1n) is 6.31. The van der Waals surface area contributed by atoms with E-state index in [0.29, 0.717) is 0 Å². The lowest BCUT2D eigenvalue weighted by molar-refractivity contribution is 0.270. The lowest BCUT2D eigenvalue weighted by atomic mass is 10.1. The summed E-state index contributed by atoms with van der Waals surface area (Å²) in [7, 11) is 0. The van der Waals surface area contributed by atoms with Crippen molar-refractivity contribution in [1.82, 2.24) is 9.88 Å². The third-order valence-corrected chi connectivity index (χ3v) is 3.50. The number of anilines is 1. The molecule has 2 rings (SSSR count). The zero-order chi connectivity index (χ0) is 12.3. The van der Waals surface area contributed by atoms with Gasteiger partial charge in [-0.25, -0.2) is 4.98 Å². The van der Waals surface area contributed by atoms with Gasteiger partial charge in [0.25, 0.3) is 0 Å². The van der Waals surface area contributed by atoms with Gasteiger partial charge in [-0.3, -0.25) is 0 Å². The monoisotopic (exact) mass is 231 g/mol. The van der Waals surface area contributed by atoms with Crippen molar-refractivity contribution in [2.75, 3.05) is 37.6 Å². The summed E-state index contributed by atoms with van der Waals surface area (Å²) >= 11 is 0. The first-order chi connectivity index (χ1) is 8.24. The summed E-state index contributed by atoms with van der Waals surface area (Å²) in [5, 5.41) is 0. The highest BCUT2D eigenvalue weighted by Gasteiger charge is 2.16. The van der Waals surface area contributed by atoms with Crippen LogP contribution in [0.1, 0.15) is 18.1 Å². The fourth-order valence-corrected chi connectivity index (χ4v) is 2.23. The van der Waals surface area contributed by atoms with Crippen molar-refractivity contribution < 1.29 is 0 Å². The van der Waals surface area contributed by atoms with Crippen molar-refractivity contribution in [3.05, 3.63) is 30.0 Å². The number of rotatable bonds is 3. The third-order valence-electron chi connectivity index (χ3n) is 3.50. The molecule has 0 spiro atoms. The van der Waals surface area contributed by atoms with Gasteiger partial charge in [0.1, 0.15) is 5.82 Å². The van der Waals surface area contributed by atoms with Gasteiger partial charge in [-0.15, -0.1) is 0 Å². The average Bonchev–Trinajstić information content (AvgIpc) is 2.39. The van der Waals surface area contributed by atoms with Gasteiger partial charge in [0, 0.05) is 32.4 Å². The molecule has 0 N–H and O–H groups in total. The normalized spacial score (nSPS) is 17.2. The molecule has 3 nitrogen and oxygen atoms in total. The van der Waals surface area contributed by atoms with Gasteiger partial charge in [-0.1, -0.05) is 19.6 Å². The number of pyridine rings is 1. The molecule has 0 bridgehead atoms. The van der Waals surface area contributed by atoms with Gasteiger partial charge in [-0.05, 0) is 30.7 Å². The van der Waals surface area contributed by atoms with E-state index in [-0.39, 0.29) is 0 Å². The Labute approximate surface area is 104 Å². The van der Waals surface area contributed by atoms with Crippen LogP contribution >= 0.6 is 0 Å². The molecule has 0 aromatic carbocycles. The molecule has 0 aliphatic carbocycles. The Morgan fingerprint density at radius 3 is 2.59 bits per heavy atom. The van der Waals surface area contributed by atoms with E-state index in [1.54, 1.807) is 0 Å². The number of aryl methyl sites for hydroxylation is 1. The summed E-state index contributed by atoms with van der Waals surface area (Å²) in [5.74, 6) is 1.10. The quantitative estimate of drug-likeness (QED) is 0.795. The molecular formula is C14H21N3. The van der Waals surface area contributed by atoms with Crippen molar-refractivity contribution in [1.29, 1.82) is 0 Å². The van der Waals surface area contributed by atoms with Crippen molar-refractivity contribution in [3.63, 3.8) is 0 Å². The molecule has 1 fully saturated rings. The van der Waals surface area contributed by atoms with Crippen molar-refractivity contribution in [3.8, 4) is 0 Å². The molecule has 0 atom stereocenters. The van der Waals surface area contributed by atoms with E-state index in [1.165, 1.54) is 5.56 Å². The molecule has 3 heteroatoms. The molecule has 1 aromatic heterocycles. The molecule has 92 valence electrons. The highest BCUT2D eigenvalue weighted by molar-refractivity contribution is 5.54. The second-order valence-corrected chi connectivity index (χ2v) is 4.52. The van der Waals surface area contributed by atoms with E-state index in [1.807, 2.05) is 12.3 Å². The fraction of sp³-hybridized carbons (Fsp3) is 0.500. The first kappa shape index (κ1) is 12.1. The maximum atomic E-state index is 4.52. The standard InChI is InChI=1S/C14H21N3/c1-4-13-11-15-14(10-12(13)3)17-8-6-16(5-2)7-9-17/h4,10-11H,1,5-9H2,2-3H3. The summed E-state index contributed by atoms with van der Waals surface area (Å²) in [4.78, 5) is 9.36.